The maximum absolute atomic E-state index is 10.7. The van der Waals surface area contributed by atoms with E-state index in [2.05, 4.69) is 0 Å². The number of hydrogen-bond acceptors (Lipinski definition) is 4. The molecule has 0 radical (unpaired) electrons. The molecule has 0 heterocycles. The molecule has 0 aliphatic heterocycles. The Kier molecular flexibility index (Phi) is 5.25. The molecule has 0 spiro atoms. The Morgan fingerprint density at radius 1 is 1.54 bits per heavy atom. The topological polar surface area (TPSA) is 86.6 Å². The van der Waals surface area contributed by atoms with Gasteiger partial charge in [-0.05, 0) is 12.3 Å². The highest BCUT2D eigenvalue weighted by Crippen LogP contribution is 2.13. The molecule has 1 amide bonds. The first-order valence-electron chi connectivity index (χ1n) is 4.10. The van der Waals surface area contributed by atoms with Crippen LogP contribution < -0.4 is 5.48 Å². The number of nitrogens with one attached hydrogen (secondary N) is 1. The predicted octanol–water partition coefficient (Wildman–Crippen LogP) is -0.286. The van der Waals surface area contributed by atoms with E-state index in [-0.39, 0.29) is 5.92 Å². The van der Waals surface area contributed by atoms with Gasteiger partial charge in [0.25, 0.3) is 5.91 Å². The number of hydrogen-bond donors (Lipinski definition) is 3. The number of rotatable bonds is 5. The standard InChI is InChI=1S/C8H15NO4/c1-5(2)3-6(4-10)7(11)8(12)9-13/h4-7,11,13H,3H2,1-2H3,(H,9,12). The van der Waals surface area contributed by atoms with Gasteiger partial charge in [-0.2, -0.15) is 0 Å². The highest BCUT2D eigenvalue weighted by Gasteiger charge is 2.25. The molecule has 13 heavy (non-hydrogen) atoms. The number of amides is 1. The van der Waals surface area contributed by atoms with Gasteiger partial charge in [-0.1, -0.05) is 13.8 Å². The first kappa shape index (κ1) is 12.1. The smallest absolute Gasteiger partial charge is 0.272 e. The van der Waals surface area contributed by atoms with E-state index in [0.29, 0.717) is 12.7 Å². The third-order valence-electron chi connectivity index (χ3n) is 1.70. The van der Waals surface area contributed by atoms with Crippen LogP contribution in [0.2, 0.25) is 0 Å². The third kappa shape index (κ3) is 4.00. The lowest BCUT2D eigenvalue weighted by atomic mass is 9.93. The van der Waals surface area contributed by atoms with Gasteiger partial charge in [0.2, 0.25) is 0 Å². The van der Waals surface area contributed by atoms with E-state index in [1.54, 1.807) is 0 Å². The Labute approximate surface area is 76.7 Å². The Morgan fingerprint density at radius 3 is 2.38 bits per heavy atom. The second kappa shape index (κ2) is 5.66. The van der Waals surface area contributed by atoms with Crippen LogP contribution in [0.25, 0.3) is 0 Å². The molecule has 0 aliphatic carbocycles. The summed E-state index contributed by atoms with van der Waals surface area (Å²) in [5, 5.41) is 17.4. The monoisotopic (exact) mass is 189 g/mol. The van der Waals surface area contributed by atoms with E-state index in [0.717, 1.165) is 0 Å². The molecule has 2 unspecified atom stereocenters. The van der Waals surface area contributed by atoms with Crippen molar-refractivity contribution in [3.63, 3.8) is 0 Å². The molecule has 0 aromatic carbocycles. The fraction of sp³-hybridized carbons (Fsp3) is 0.750. The van der Waals surface area contributed by atoms with Crippen molar-refractivity contribution >= 4 is 12.2 Å². The summed E-state index contributed by atoms with van der Waals surface area (Å²) in [4.78, 5) is 21.2. The van der Waals surface area contributed by atoms with Gasteiger partial charge in [0, 0.05) is 5.92 Å². The van der Waals surface area contributed by atoms with E-state index < -0.39 is 17.9 Å². The minimum Gasteiger partial charge on any atom is -0.382 e. The normalized spacial score (nSPS) is 15.2. The van der Waals surface area contributed by atoms with Gasteiger partial charge in [0.1, 0.15) is 12.4 Å². The summed E-state index contributed by atoms with van der Waals surface area (Å²) >= 11 is 0. The number of carbonyl (C=O) groups is 2. The molecule has 3 N–H and O–H groups in total. The Balaban J connectivity index is 4.22. The van der Waals surface area contributed by atoms with Gasteiger partial charge in [-0.25, -0.2) is 5.48 Å². The summed E-state index contributed by atoms with van der Waals surface area (Å²) in [6, 6.07) is 0. The van der Waals surface area contributed by atoms with E-state index in [4.69, 9.17) is 5.21 Å². The zero-order valence-corrected chi connectivity index (χ0v) is 7.73. The van der Waals surface area contributed by atoms with Gasteiger partial charge in [0.15, 0.2) is 0 Å². The first-order chi connectivity index (χ1) is 6.02. The van der Waals surface area contributed by atoms with Gasteiger partial charge in [-0.3, -0.25) is 10.0 Å². The van der Waals surface area contributed by atoms with Crippen LogP contribution in [0.3, 0.4) is 0 Å². The van der Waals surface area contributed by atoms with Crippen LogP contribution in [-0.4, -0.2) is 28.6 Å². The highest BCUT2D eigenvalue weighted by molar-refractivity contribution is 5.82. The van der Waals surface area contributed by atoms with Crippen LogP contribution in [0.15, 0.2) is 0 Å². The predicted molar refractivity (Wildman–Crippen MR) is 44.9 cm³/mol. The number of aldehydes is 1. The molecule has 0 saturated heterocycles. The molecule has 2 atom stereocenters. The maximum atomic E-state index is 10.7. The van der Waals surface area contributed by atoms with Crippen LogP contribution in [0, 0.1) is 11.8 Å². The minimum atomic E-state index is -1.47. The fourth-order valence-corrected chi connectivity index (χ4v) is 1.06. The van der Waals surface area contributed by atoms with Crippen molar-refractivity contribution in [1.29, 1.82) is 0 Å². The van der Waals surface area contributed by atoms with E-state index >= 15 is 0 Å². The van der Waals surface area contributed by atoms with Gasteiger partial charge >= 0.3 is 0 Å². The molecule has 5 heteroatoms. The Bertz CT molecular complexity index is 181. The van der Waals surface area contributed by atoms with Crippen molar-refractivity contribution in [2.75, 3.05) is 0 Å². The average molecular weight is 189 g/mol. The van der Waals surface area contributed by atoms with Crippen molar-refractivity contribution in [2.24, 2.45) is 11.8 Å². The summed E-state index contributed by atoms with van der Waals surface area (Å²) in [6.07, 6.45) is -0.525. The molecular formula is C8H15NO4. The quantitative estimate of drug-likeness (QED) is 0.315. The molecule has 0 fully saturated rings. The van der Waals surface area contributed by atoms with Crippen molar-refractivity contribution in [1.82, 2.24) is 5.48 Å². The minimum absolute atomic E-state index is 0.205. The largest absolute Gasteiger partial charge is 0.382 e. The third-order valence-corrected chi connectivity index (χ3v) is 1.70. The molecule has 0 rings (SSSR count). The molecule has 0 aromatic heterocycles. The van der Waals surface area contributed by atoms with Gasteiger partial charge in [-0.15, -0.1) is 0 Å². The summed E-state index contributed by atoms with van der Waals surface area (Å²) in [6.45, 7) is 3.75. The second-order valence-electron chi connectivity index (χ2n) is 3.35. The van der Waals surface area contributed by atoms with E-state index in [1.165, 1.54) is 5.48 Å². The van der Waals surface area contributed by atoms with E-state index in [9.17, 15) is 14.7 Å². The van der Waals surface area contributed by atoms with Crippen molar-refractivity contribution in [3.8, 4) is 0 Å². The highest BCUT2D eigenvalue weighted by atomic mass is 16.5. The van der Waals surface area contributed by atoms with Crippen LogP contribution in [0.5, 0.6) is 0 Å². The number of aliphatic hydroxyl groups excluding tert-OH is 1. The lowest BCUT2D eigenvalue weighted by molar-refractivity contribution is -0.143. The zero-order valence-electron chi connectivity index (χ0n) is 7.73. The van der Waals surface area contributed by atoms with Crippen LogP contribution in [-0.2, 0) is 9.59 Å². The molecule has 0 aliphatic rings. The van der Waals surface area contributed by atoms with E-state index in [1.807, 2.05) is 13.8 Å². The lowest BCUT2D eigenvalue weighted by Crippen LogP contribution is -2.38. The van der Waals surface area contributed by atoms with Crippen molar-refractivity contribution < 1.29 is 19.9 Å². The lowest BCUT2D eigenvalue weighted by Gasteiger charge is -2.17. The SMILES string of the molecule is CC(C)CC(C=O)C(O)C(=O)NO. The van der Waals surface area contributed by atoms with Gasteiger partial charge < -0.3 is 9.90 Å². The number of aliphatic hydroxyl groups is 1. The number of carbonyl (C=O) groups excluding carboxylic acids is 2. The zero-order chi connectivity index (χ0) is 10.4. The fourth-order valence-electron chi connectivity index (χ4n) is 1.06. The van der Waals surface area contributed by atoms with Crippen molar-refractivity contribution in [2.45, 2.75) is 26.4 Å². The van der Waals surface area contributed by atoms with Crippen LogP contribution in [0.1, 0.15) is 20.3 Å². The van der Waals surface area contributed by atoms with Crippen LogP contribution >= 0.6 is 0 Å². The first-order valence-corrected chi connectivity index (χ1v) is 4.10. The maximum Gasteiger partial charge on any atom is 0.272 e. The summed E-state index contributed by atoms with van der Waals surface area (Å²) in [5.74, 6) is -1.50. The Hall–Kier alpha value is -0.940. The molecule has 0 saturated carbocycles. The molecule has 76 valence electrons. The van der Waals surface area contributed by atoms with Crippen molar-refractivity contribution in [3.05, 3.63) is 0 Å². The Morgan fingerprint density at radius 2 is 2.08 bits per heavy atom. The summed E-state index contributed by atoms with van der Waals surface area (Å²) in [7, 11) is 0. The number of hydroxylamine groups is 1. The van der Waals surface area contributed by atoms with Crippen LogP contribution in [0.4, 0.5) is 0 Å². The molecule has 0 bridgehead atoms. The van der Waals surface area contributed by atoms with Gasteiger partial charge in [0.05, 0.1) is 0 Å². The molecular weight excluding hydrogens is 174 g/mol. The average Bonchev–Trinajstić information content (AvgIpc) is 2.11. The second-order valence-corrected chi connectivity index (χ2v) is 3.35. The molecule has 5 nitrogen and oxygen atoms in total. The summed E-state index contributed by atoms with van der Waals surface area (Å²) < 4.78 is 0. The molecule has 0 aromatic rings. The summed E-state index contributed by atoms with van der Waals surface area (Å²) in [5.41, 5.74) is 1.30.